The molecule has 5 rings (SSSR count). The molecule has 6 nitrogen and oxygen atoms in total. The second-order valence-electron chi connectivity index (χ2n) is 8.98. The fraction of sp³-hybridized carbons (Fsp3) is 0.207. The summed E-state index contributed by atoms with van der Waals surface area (Å²) >= 11 is 6.13. The Morgan fingerprint density at radius 2 is 1.49 bits per heavy atom. The first kappa shape index (κ1) is 24.9. The zero-order chi connectivity index (χ0) is 25.8. The number of amides is 1. The molecule has 2 heterocycles. The van der Waals surface area contributed by atoms with Gasteiger partial charge >= 0.3 is 0 Å². The van der Waals surface area contributed by atoms with Crippen LogP contribution in [0.2, 0.25) is 5.02 Å². The molecule has 1 saturated heterocycles. The van der Waals surface area contributed by atoms with Crippen molar-refractivity contribution in [3.63, 3.8) is 0 Å². The Bertz CT molecular complexity index is 1430. The third-order valence-electron chi connectivity index (χ3n) is 6.63. The van der Waals surface area contributed by atoms with Crippen molar-refractivity contribution in [3.8, 4) is 11.3 Å². The highest BCUT2D eigenvalue weighted by Gasteiger charge is 2.28. The summed E-state index contributed by atoms with van der Waals surface area (Å²) in [5, 5.41) is 4.95. The SMILES string of the molecule is O=C(Cn1nc(-c2ccccc2F)ccc1=O)N1CCN(C(c2ccccc2)c2ccc(Cl)cc2)CC1. The van der Waals surface area contributed by atoms with Crippen LogP contribution in [-0.2, 0) is 11.3 Å². The minimum Gasteiger partial charge on any atom is -0.339 e. The first-order valence-electron chi connectivity index (χ1n) is 12.1. The van der Waals surface area contributed by atoms with Gasteiger partial charge in [-0.3, -0.25) is 14.5 Å². The molecule has 1 aliphatic heterocycles. The van der Waals surface area contributed by atoms with Gasteiger partial charge in [0.2, 0.25) is 5.91 Å². The van der Waals surface area contributed by atoms with Gasteiger partial charge in [-0.15, -0.1) is 0 Å². The number of nitrogens with zero attached hydrogens (tertiary/aromatic N) is 4. The normalized spacial score (nSPS) is 14.9. The van der Waals surface area contributed by atoms with E-state index in [1.165, 1.54) is 23.8 Å². The van der Waals surface area contributed by atoms with Crippen molar-refractivity contribution >= 4 is 17.5 Å². The van der Waals surface area contributed by atoms with E-state index in [4.69, 9.17) is 11.6 Å². The van der Waals surface area contributed by atoms with E-state index in [-0.39, 0.29) is 24.1 Å². The number of hydrogen-bond donors (Lipinski definition) is 0. The van der Waals surface area contributed by atoms with Crippen LogP contribution in [0.15, 0.2) is 95.8 Å². The van der Waals surface area contributed by atoms with Gasteiger partial charge in [0, 0.05) is 42.8 Å². The molecule has 1 atom stereocenters. The van der Waals surface area contributed by atoms with Crippen molar-refractivity contribution in [2.75, 3.05) is 26.2 Å². The molecule has 188 valence electrons. The number of piperazine rings is 1. The first-order valence-corrected chi connectivity index (χ1v) is 12.5. The van der Waals surface area contributed by atoms with E-state index >= 15 is 0 Å². The van der Waals surface area contributed by atoms with E-state index in [9.17, 15) is 14.0 Å². The van der Waals surface area contributed by atoms with Crippen LogP contribution in [0.25, 0.3) is 11.3 Å². The third kappa shape index (κ3) is 5.63. The van der Waals surface area contributed by atoms with Gasteiger partial charge in [-0.1, -0.05) is 66.2 Å². The van der Waals surface area contributed by atoms with Gasteiger partial charge < -0.3 is 4.90 Å². The summed E-state index contributed by atoms with van der Waals surface area (Å²) in [4.78, 5) is 29.6. The molecule has 1 aliphatic rings. The van der Waals surface area contributed by atoms with Gasteiger partial charge in [0.25, 0.3) is 5.56 Å². The minimum absolute atomic E-state index is 0.0393. The maximum Gasteiger partial charge on any atom is 0.267 e. The topological polar surface area (TPSA) is 58.4 Å². The molecule has 1 aromatic heterocycles. The second-order valence-corrected chi connectivity index (χ2v) is 9.41. The fourth-order valence-electron chi connectivity index (χ4n) is 4.73. The highest BCUT2D eigenvalue weighted by Crippen LogP contribution is 2.30. The van der Waals surface area contributed by atoms with E-state index < -0.39 is 11.4 Å². The molecule has 1 unspecified atom stereocenters. The lowest BCUT2D eigenvalue weighted by Gasteiger charge is -2.39. The van der Waals surface area contributed by atoms with E-state index in [0.29, 0.717) is 36.9 Å². The highest BCUT2D eigenvalue weighted by molar-refractivity contribution is 6.30. The van der Waals surface area contributed by atoms with Crippen LogP contribution in [0.1, 0.15) is 17.2 Å². The molecule has 0 aliphatic carbocycles. The molecule has 4 aromatic rings. The van der Waals surface area contributed by atoms with Crippen molar-refractivity contribution in [3.05, 3.63) is 123 Å². The van der Waals surface area contributed by atoms with Gasteiger partial charge in [0.1, 0.15) is 12.4 Å². The number of carbonyl (C=O) groups excluding carboxylic acids is 1. The average molecular weight is 517 g/mol. The molecular weight excluding hydrogens is 491 g/mol. The van der Waals surface area contributed by atoms with Crippen LogP contribution in [0.4, 0.5) is 4.39 Å². The lowest BCUT2D eigenvalue weighted by atomic mass is 9.96. The molecule has 0 N–H and O–H groups in total. The van der Waals surface area contributed by atoms with Gasteiger partial charge in [-0.2, -0.15) is 5.10 Å². The Balaban J connectivity index is 1.29. The maximum absolute atomic E-state index is 14.2. The van der Waals surface area contributed by atoms with Crippen LogP contribution in [0.3, 0.4) is 0 Å². The Labute approximate surface area is 219 Å². The zero-order valence-electron chi connectivity index (χ0n) is 20.1. The number of aromatic nitrogens is 2. The van der Waals surface area contributed by atoms with Gasteiger partial charge in [-0.05, 0) is 41.5 Å². The monoisotopic (exact) mass is 516 g/mol. The van der Waals surface area contributed by atoms with Crippen molar-refractivity contribution in [2.24, 2.45) is 0 Å². The van der Waals surface area contributed by atoms with Gasteiger partial charge in [0.15, 0.2) is 0 Å². The fourth-order valence-corrected chi connectivity index (χ4v) is 4.85. The van der Waals surface area contributed by atoms with Gasteiger partial charge in [0.05, 0.1) is 11.7 Å². The van der Waals surface area contributed by atoms with Crippen LogP contribution in [-0.4, -0.2) is 51.7 Å². The predicted octanol–water partition coefficient (Wildman–Crippen LogP) is 4.64. The minimum atomic E-state index is -0.434. The predicted molar refractivity (Wildman–Crippen MR) is 142 cm³/mol. The van der Waals surface area contributed by atoms with Crippen molar-refractivity contribution in [1.82, 2.24) is 19.6 Å². The number of hydrogen-bond acceptors (Lipinski definition) is 4. The van der Waals surface area contributed by atoms with Crippen LogP contribution < -0.4 is 5.56 Å². The Hall–Kier alpha value is -3.81. The lowest BCUT2D eigenvalue weighted by molar-refractivity contribution is -0.134. The summed E-state index contributed by atoms with van der Waals surface area (Å²) in [6.07, 6.45) is 0. The van der Waals surface area contributed by atoms with Crippen LogP contribution in [0, 0.1) is 5.82 Å². The van der Waals surface area contributed by atoms with Crippen molar-refractivity contribution in [2.45, 2.75) is 12.6 Å². The Kier molecular flexibility index (Phi) is 7.44. The first-order chi connectivity index (χ1) is 18.0. The summed E-state index contributed by atoms with van der Waals surface area (Å²) < 4.78 is 15.3. The van der Waals surface area contributed by atoms with E-state index in [1.54, 1.807) is 23.1 Å². The smallest absolute Gasteiger partial charge is 0.267 e. The molecule has 0 saturated carbocycles. The molecule has 0 radical (unpaired) electrons. The van der Waals surface area contributed by atoms with Crippen molar-refractivity contribution in [1.29, 1.82) is 0 Å². The molecule has 8 heteroatoms. The van der Waals surface area contributed by atoms with Crippen LogP contribution in [0.5, 0.6) is 0 Å². The van der Waals surface area contributed by atoms with Crippen LogP contribution >= 0.6 is 11.6 Å². The molecule has 0 bridgehead atoms. The number of rotatable bonds is 6. The molecule has 37 heavy (non-hydrogen) atoms. The average Bonchev–Trinajstić information content (AvgIpc) is 2.92. The zero-order valence-corrected chi connectivity index (χ0v) is 20.9. The molecule has 0 spiro atoms. The number of benzene rings is 3. The summed E-state index contributed by atoms with van der Waals surface area (Å²) in [6, 6.07) is 27.2. The second kappa shape index (κ2) is 11.1. The maximum atomic E-state index is 14.2. The van der Waals surface area contributed by atoms with Crippen molar-refractivity contribution < 1.29 is 9.18 Å². The largest absolute Gasteiger partial charge is 0.339 e. The summed E-state index contributed by atoms with van der Waals surface area (Å²) in [6.45, 7) is 2.20. The van der Waals surface area contributed by atoms with E-state index in [0.717, 1.165) is 10.2 Å². The molecule has 3 aromatic carbocycles. The standard InChI is InChI=1S/C29H26ClFN4O2/c30-23-12-10-22(11-13-23)29(21-6-2-1-3-7-21)34-18-16-33(17-19-34)28(37)20-35-27(36)15-14-26(32-35)24-8-4-5-9-25(24)31/h1-15,29H,16-20H2. The molecular formula is C29H26ClFN4O2. The molecule has 1 fully saturated rings. The quantitative estimate of drug-likeness (QED) is 0.375. The summed E-state index contributed by atoms with van der Waals surface area (Å²) in [5.41, 5.74) is 2.50. The Morgan fingerprint density at radius 3 is 2.19 bits per heavy atom. The van der Waals surface area contributed by atoms with E-state index in [1.807, 2.05) is 42.5 Å². The lowest BCUT2D eigenvalue weighted by Crippen LogP contribution is -2.51. The summed E-state index contributed by atoms with van der Waals surface area (Å²) in [5.74, 6) is -0.626. The third-order valence-corrected chi connectivity index (χ3v) is 6.89. The highest BCUT2D eigenvalue weighted by atomic mass is 35.5. The van der Waals surface area contributed by atoms with Gasteiger partial charge in [-0.25, -0.2) is 9.07 Å². The van der Waals surface area contributed by atoms with E-state index in [2.05, 4.69) is 22.1 Å². The summed E-state index contributed by atoms with van der Waals surface area (Å²) in [7, 11) is 0. The number of carbonyl (C=O) groups is 1. The molecule has 1 amide bonds. The Morgan fingerprint density at radius 1 is 0.838 bits per heavy atom. The number of halogens is 2.